The molecule has 0 amide bonds. The highest BCUT2D eigenvalue weighted by molar-refractivity contribution is 5.71. The minimum atomic E-state index is -0.689. The molecule has 3 N–H and O–H groups in total. The Balaban J connectivity index is 2.14. The molecule has 0 aromatic rings. The maximum Gasteiger partial charge on any atom is 0.309 e. The second kappa shape index (κ2) is 3.19. The summed E-state index contributed by atoms with van der Waals surface area (Å²) in [6, 6.07) is 0.143. The zero-order chi connectivity index (χ0) is 8.43. The first-order valence-electron chi connectivity index (χ1n) is 3.80. The lowest BCUT2D eigenvalue weighted by Gasteiger charge is -2.37. The highest BCUT2D eigenvalue weighted by atomic mass is 16.4. The number of carboxylic acids is 1. The van der Waals surface area contributed by atoms with E-state index >= 15 is 0 Å². The van der Waals surface area contributed by atoms with Crippen molar-refractivity contribution in [2.75, 3.05) is 19.6 Å². The Morgan fingerprint density at radius 2 is 2.36 bits per heavy atom. The second-order valence-electron chi connectivity index (χ2n) is 3.23. The first kappa shape index (κ1) is 8.49. The van der Waals surface area contributed by atoms with Crippen LogP contribution >= 0.6 is 0 Å². The largest absolute Gasteiger partial charge is 0.481 e. The molecule has 0 aliphatic carbocycles. The van der Waals surface area contributed by atoms with E-state index < -0.39 is 5.97 Å². The standard InChI is InChI=1S/C7H14N2O2/c1-5(8)2-9-3-6(4-9)7(10)11/h5-6H,2-4,8H2,1H3,(H,10,11)/t5-/m0/s1. The average Bonchev–Trinajstić information content (AvgIpc) is 1.75. The summed E-state index contributed by atoms with van der Waals surface area (Å²) in [5.74, 6) is -0.848. The maximum atomic E-state index is 10.4. The third kappa shape index (κ3) is 2.17. The van der Waals surface area contributed by atoms with E-state index in [9.17, 15) is 4.79 Å². The molecule has 0 bridgehead atoms. The Hall–Kier alpha value is -0.610. The maximum absolute atomic E-state index is 10.4. The second-order valence-corrected chi connectivity index (χ2v) is 3.23. The molecule has 4 nitrogen and oxygen atoms in total. The summed E-state index contributed by atoms with van der Waals surface area (Å²) in [5.41, 5.74) is 5.54. The molecule has 1 aliphatic heterocycles. The van der Waals surface area contributed by atoms with Crippen molar-refractivity contribution in [1.82, 2.24) is 4.90 Å². The molecule has 1 rings (SSSR count). The number of hydrogen-bond acceptors (Lipinski definition) is 3. The molecule has 0 saturated carbocycles. The van der Waals surface area contributed by atoms with E-state index in [1.165, 1.54) is 0 Å². The third-order valence-corrected chi connectivity index (χ3v) is 1.85. The van der Waals surface area contributed by atoms with Crippen LogP contribution in [-0.2, 0) is 4.79 Å². The molecule has 1 heterocycles. The summed E-state index contributed by atoms with van der Waals surface area (Å²) in [7, 11) is 0. The van der Waals surface area contributed by atoms with Gasteiger partial charge in [-0.2, -0.15) is 0 Å². The van der Waals surface area contributed by atoms with E-state index in [1.54, 1.807) is 0 Å². The number of carboxylic acid groups (broad SMARTS) is 1. The summed E-state index contributed by atoms with van der Waals surface area (Å²) in [5, 5.41) is 8.53. The normalized spacial score (nSPS) is 22.7. The van der Waals surface area contributed by atoms with Gasteiger partial charge in [-0.1, -0.05) is 0 Å². The van der Waals surface area contributed by atoms with Crippen LogP contribution in [0.4, 0.5) is 0 Å². The monoisotopic (exact) mass is 158 g/mol. The molecule has 1 saturated heterocycles. The lowest BCUT2D eigenvalue weighted by Crippen LogP contribution is -2.53. The van der Waals surface area contributed by atoms with Gasteiger partial charge in [0.15, 0.2) is 0 Å². The fraction of sp³-hybridized carbons (Fsp3) is 0.857. The van der Waals surface area contributed by atoms with E-state index in [-0.39, 0.29) is 12.0 Å². The van der Waals surface area contributed by atoms with Crippen LogP contribution < -0.4 is 5.73 Å². The molecule has 0 spiro atoms. The van der Waals surface area contributed by atoms with Gasteiger partial charge in [0.1, 0.15) is 0 Å². The summed E-state index contributed by atoms with van der Waals surface area (Å²) in [6.45, 7) is 4.06. The van der Waals surface area contributed by atoms with Gasteiger partial charge < -0.3 is 10.8 Å². The van der Waals surface area contributed by atoms with Gasteiger partial charge in [0.05, 0.1) is 5.92 Å². The summed E-state index contributed by atoms with van der Waals surface area (Å²) < 4.78 is 0. The Bertz CT molecular complexity index is 153. The fourth-order valence-electron chi connectivity index (χ4n) is 1.28. The highest BCUT2D eigenvalue weighted by Crippen LogP contribution is 2.14. The molecule has 4 heteroatoms. The number of nitrogens with two attached hydrogens (primary N) is 1. The average molecular weight is 158 g/mol. The number of nitrogens with zero attached hydrogens (tertiary/aromatic N) is 1. The summed E-state index contributed by atoms with van der Waals surface area (Å²) in [6.07, 6.45) is 0. The quantitative estimate of drug-likeness (QED) is 0.573. The van der Waals surface area contributed by atoms with Crippen LogP contribution in [-0.4, -0.2) is 41.7 Å². The van der Waals surface area contributed by atoms with Crippen LogP contribution in [0.25, 0.3) is 0 Å². The molecule has 11 heavy (non-hydrogen) atoms. The van der Waals surface area contributed by atoms with E-state index in [1.807, 2.05) is 6.92 Å². The number of hydrogen-bond donors (Lipinski definition) is 2. The van der Waals surface area contributed by atoms with Gasteiger partial charge in [0.25, 0.3) is 0 Å². The smallest absolute Gasteiger partial charge is 0.309 e. The predicted octanol–water partition coefficient (Wildman–Crippen LogP) is -0.650. The van der Waals surface area contributed by atoms with Crippen molar-refractivity contribution in [3.05, 3.63) is 0 Å². The molecule has 64 valence electrons. The van der Waals surface area contributed by atoms with Crippen molar-refractivity contribution in [1.29, 1.82) is 0 Å². The van der Waals surface area contributed by atoms with Crippen molar-refractivity contribution < 1.29 is 9.90 Å². The van der Waals surface area contributed by atoms with Gasteiger partial charge in [-0.25, -0.2) is 0 Å². The lowest BCUT2D eigenvalue weighted by atomic mass is 10.0. The minimum Gasteiger partial charge on any atom is -0.481 e. The van der Waals surface area contributed by atoms with Crippen LogP contribution in [0.3, 0.4) is 0 Å². The van der Waals surface area contributed by atoms with Gasteiger partial charge in [-0.05, 0) is 6.92 Å². The van der Waals surface area contributed by atoms with Crippen LogP contribution in [0.15, 0.2) is 0 Å². The van der Waals surface area contributed by atoms with Crippen molar-refractivity contribution in [3.8, 4) is 0 Å². The first-order chi connectivity index (χ1) is 5.09. The van der Waals surface area contributed by atoms with Crippen LogP contribution in [0.5, 0.6) is 0 Å². The fourth-order valence-corrected chi connectivity index (χ4v) is 1.28. The number of aliphatic carboxylic acids is 1. The number of rotatable bonds is 3. The zero-order valence-electron chi connectivity index (χ0n) is 6.66. The number of carbonyl (C=O) groups is 1. The Kier molecular flexibility index (Phi) is 2.46. The van der Waals surface area contributed by atoms with E-state index in [4.69, 9.17) is 10.8 Å². The molecular formula is C7H14N2O2. The van der Waals surface area contributed by atoms with Crippen LogP contribution in [0.1, 0.15) is 6.92 Å². The van der Waals surface area contributed by atoms with Gasteiger partial charge in [0, 0.05) is 25.7 Å². The molecule has 0 unspecified atom stereocenters. The van der Waals surface area contributed by atoms with Crippen LogP contribution in [0, 0.1) is 5.92 Å². The first-order valence-corrected chi connectivity index (χ1v) is 3.80. The van der Waals surface area contributed by atoms with Crippen molar-refractivity contribution in [3.63, 3.8) is 0 Å². The van der Waals surface area contributed by atoms with Gasteiger partial charge in [-0.3, -0.25) is 9.69 Å². The molecule has 0 aromatic carbocycles. The molecule has 1 atom stereocenters. The van der Waals surface area contributed by atoms with E-state index in [0.29, 0.717) is 13.1 Å². The predicted molar refractivity (Wildman–Crippen MR) is 41.2 cm³/mol. The number of likely N-dealkylation sites (tertiary alicyclic amines) is 1. The van der Waals surface area contributed by atoms with Crippen LogP contribution in [0.2, 0.25) is 0 Å². The minimum absolute atomic E-state index is 0.143. The Labute approximate surface area is 66.0 Å². The van der Waals surface area contributed by atoms with E-state index in [0.717, 1.165) is 6.54 Å². The molecule has 1 fully saturated rings. The SMILES string of the molecule is C[C@H](N)CN1CC(C(=O)O)C1. The van der Waals surface area contributed by atoms with Crippen molar-refractivity contribution in [2.45, 2.75) is 13.0 Å². The third-order valence-electron chi connectivity index (χ3n) is 1.85. The lowest BCUT2D eigenvalue weighted by molar-refractivity contribution is -0.147. The zero-order valence-corrected chi connectivity index (χ0v) is 6.66. The molecule has 0 aromatic heterocycles. The van der Waals surface area contributed by atoms with Gasteiger partial charge in [0.2, 0.25) is 0 Å². The molecular weight excluding hydrogens is 144 g/mol. The summed E-state index contributed by atoms with van der Waals surface area (Å²) >= 11 is 0. The van der Waals surface area contributed by atoms with Gasteiger partial charge in [-0.15, -0.1) is 0 Å². The van der Waals surface area contributed by atoms with Gasteiger partial charge >= 0.3 is 5.97 Å². The summed E-state index contributed by atoms with van der Waals surface area (Å²) in [4.78, 5) is 12.4. The molecule has 0 radical (unpaired) electrons. The topological polar surface area (TPSA) is 66.6 Å². The van der Waals surface area contributed by atoms with Crippen molar-refractivity contribution >= 4 is 5.97 Å². The Morgan fingerprint density at radius 3 is 2.73 bits per heavy atom. The molecule has 1 aliphatic rings. The van der Waals surface area contributed by atoms with E-state index in [2.05, 4.69) is 4.90 Å². The highest BCUT2D eigenvalue weighted by Gasteiger charge is 2.32. The van der Waals surface area contributed by atoms with Crippen molar-refractivity contribution in [2.24, 2.45) is 11.7 Å². The Morgan fingerprint density at radius 1 is 1.82 bits per heavy atom.